The lowest BCUT2D eigenvalue weighted by atomic mass is 9.92. The summed E-state index contributed by atoms with van der Waals surface area (Å²) in [5, 5.41) is 8.48. The molecule has 0 bridgehead atoms. The number of carbonyl (C=O) groups excluding carboxylic acids is 1. The number of carbonyl (C=O) groups is 1. The second-order valence-electron chi connectivity index (χ2n) is 9.83. The fourth-order valence-corrected chi connectivity index (χ4v) is 5.44. The van der Waals surface area contributed by atoms with E-state index in [4.69, 9.17) is 19.8 Å². The largest absolute Gasteiger partial charge is 0.465 e. The quantitative estimate of drug-likeness (QED) is 0.256. The number of esters is 1. The van der Waals surface area contributed by atoms with E-state index in [1.807, 2.05) is 103 Å². The number of benzene rings is 4. The SMILES string of the molecule is COC(=O)c1ccc([C@H]2c3c(C)nn(-c4ccccc4)c3N=C3C(Nc4ccccc4)=Nc4ccccc4N32)cc1. The van der Waals surface area contributed by atoms with E-state index < -0.39 is 0 Å². The molecule has 0 amide bonds. The van der Waals surface area contributed by atoms with Crippen molar-refractivity contribution in [1.29, 1.82) is 0 Å². The van der Waals surface area contributed by atoms with Crippen LogP contribution >= 0.6 is 0 Å². The van der Waals surface area contributed by atoms with Crippen molar-refractivity contribution in [3.63, 3.8) is 0 Å². The van der Waals surface area contributed by atoms with Crippen molar-refractivity contribution >= 4 is 40.5 Å². The van der Waals surface area contributed by atoms with Gasteiger partial charge in [0.15, 0.2) is 17.5 Å². The van der Waals surface area contributed by atoms with Gasteiger partial charge < -0.3 is 15.0 Å². The maximum absolute atomic E-state index is 12.2. The third-order valence-corrected chi connectivity index (χ3v) is 7.32. The van der Waals surface area contributed by atoms with Gasteiger partial charge in [-0.25, -0.2) is 19.5 Å². The van der Waals surface area contributed by atoms with Gasteiger partial charge in [0.2, 0.25) is 0 Å². The molecule has 8 nitrogen and oxygen atoms in total. The molecule has 5 aromatic rings. The van der Waals surface area contributed by atoms with Crippen LogP contribution in [0.5, 0.6) is 0 Å². The van der Waals surface area contributed by atoms with Gasteiger partial charge >= 0.3 is 5.97 Å². The summed E-state index contributed by atoms with van der Waals surface area (Å²) in [6.45, 7) is 2.02. The average Bonchev–Trinajstić information content (AvgIpc) is 3.36. The Labute approximate surface area is 237 Å². The Morgan fingerprint density at radius 3 is 2.24 bits per heavy atom. The lowest BCUT2D eigenvalue weighted by Gasteiger charge is -2.40. The number of amidine groups is 2. The minimum Gasteiger partial charge on any atom is -0.465 e. The third-order valence-electron chi connectivity index (χ3n) is 7.32. The van der Waals surface area contributed by atoms with E-state index in [2.05, 4.69) is 16.3 Å². The molecule has 0 unspecified atom stereocenters. The molecule has 3 heterocycles. The zero-order valence-electron chi connectivity index (χ0n) is 22.5. The average molecular weight is 539 g/mol. The predicted octanol–water partition coefficient (Wildman–Crippen LogP) is 6.76. The molecule has 8 heteroatoms. The lowest BCUT2D eigenvalue weighted by Crippen LogP contribution is -2.46. The van der Waals surface area contributed by atoms with Crippen molar-refractivity contribution in [1.82, 2.24) is 9.78 Å². The van der Waals surface area contributed by atoms with Crippen LogP contribution in [0.3, 0.4) is 0 Å². The molecule has 0 spiro atoms. The Kier molecular flexibility index (Phi) is 5.93. The summed E-state index contributed by atoms with van der Waals surface area (Å²) < 4.78 is 6.84. The minimum atomic E-state index is -0.374. The zero-order chi connectivity index (χ0) is 27.9. The van der Waals surface area contributed by atoms with E-state index in [9.17, 15) is 4.79 Å². The second-order valence-corrected chi connectivity index (χ2v) is 9.83. The number of ether oxygens (including phenoxy) is 1. The highest BCUT2D eigenvalue weighted by atomic mass is 16.5. The summed E-state index contributed by atoms with van der Waals surface area (Å²) >= 11 is 0. The van der Waals surface area contributed by atoms with Gasteiger partial charge in [-0.3, -0.25) is 0 Å². The summed E-state index contributed by atoms with van der Waals surface area (Å²) in [7, 11) is 1.39. The first-order valence-corrected chi connectivity index (χ1v) is 13.3. The van der Waals surface area contributed by atoms with Crippen LogP contribution in [0.1, 0.15) is 33.2 Å². The number of fused-ring (bicyclic) bond motifs is 4. The van der Waals surface area contributed by atoms with Crippen LogP contribution in [0.2, 0.25) is 0 Å². The maximum Gasteiger partial charge on any atom is 0.337 e. The van der Waals surface area contributed by atoms with Crippen LogP contribution < -0.4 is 10.2 Å². The predicted molar refractivity (Wildman–Crippen MR) is 161 cm³/mol. The summed E-state index contributed by atoms with van der Waals surface area (Å²) in [4.78, 5) is 24.7. The molecule has 0 radical (unpaired) electrons. The van der Waals surface area contributed by atoms with E-state index in [1.165, 1.54) is 7.11 Å². The number of nitrogens with one attached hydrogen (secondary N) is 1. The van der Waals surface area contributed by atoms with Crippen LogP contribution in [-0.4, -0.2) is 34.5 Å². The molecule has 1 N–H and O–H groups in total. The summed E-state index contributed by atoms with van der Waals surface area (Å²) in [6, 6.07) is 35.3. The number of methoxy groups -OCH3 is 1. The number of aryl methyl sites for hydroxylation is 1. The monoisotopic (exact) mass is 538 g/mol. The van der Waals surface area contributed by atoms with Crippen LogP contribution in [0.15, 0.2) is 119 Å². The summed E-state index contributed by atoms with van der Waals surface area (Å²) in [5.41, 5.74) is 6.92. The smallest absolute Gasteiger partial charge is 0.337 e. The third kappa shape index (κ3) is 4.17. The fourth-order valence-electron chi connectivity index (χ4n) is 5.44. The highest BCUT2D eigenvalue weighted by Gasteiger charge is 2.41. The molecule has 0 aliphatic carbocycles. The fraction of sp³-hybridized carbons (Fsp3) is 0.0909. The Balaban J connectivity index is 1.48. The number of nitrogens with zero attached hydrogens (tertiary/aromatic N) is 5. The van der Waals surface area contributed by atoms with Crippen molar-refractivity contribution in [3.8, 4) is 5.69 Å². The van der Waals surface area contributed by atoms with E-state index in [0.29, 0.717) is 17.2 Å². The molecule has 0 saturated heterocycles. The molecule has 41 heavy (non-hydrogen) atoms. The molecule has 1 aromatic heterocycles. The first-order valence-electron chi connectivity index (χ1n) is 13.3. The number of hydrogen-bond donors (Lipinski definition) is 1. The molecule has 0 fully saturated rings. The van der Waals surface area contributed by atoms with Gasteiger partial charge in [-0.2, -0.15) is 5.10 Å². The maximum atomic E-state index is 12.2. The first kappa shape index (κ1) is 24.5. The van der Waals surface area contributed by atoms with Crippen LogP contribution in [0.4, 0.5) is 22.9 Å². The summed E-state index contributed by atoms with van der Waals surface area (Å²) in [6.07, 6.45) is 0. The standard InChI is InChI=1S/C33H26N6O2/c1-21-28-29(22-17-19-23(20-18-22)33(40)41-2)38-27-16-10-9-15-26(27)35-30(34-24-11-5-3-6-12-24)32(38)36-31(28)39(37-21)25-13-7-4-8-14-25/h3-20,29H,1-2H3,(H,34,35)/t29-/m0/s1. The number of para-hydroxylation sites is 4. The van der Waals surface area contributed by atoms with E-state index in [1.54, 1.807) is 12.1 Å². The number of hydrogen-bond acceptors (Lipinski definition) is 7. The number of aliphatic imine (C=N–C) groups is 2. The number of anilines is 2. The van der Waals surface area contributed by atoms with E-state index in [0.717, 1.165) is 45.4 Å². The van der Waals surface area contributed by atoms with Crippen LogP contribution in [0, 0.1) is 6.92 Å². The molecule has 200 valence electrons. The molecule has 2 aliphatic rings. The molecule has 1 atom stereocenters. The summed E-state index contributed by atoms with van der Waals surface area (Å²) in [5.74, 6) is 1.68. The van der Waals surface area contributed by atoms with Crippen molar-refractivity contribution in [2.75, 3.05) is 17.3 Å². The van der Waals surface area contributed by atoms with Gasteiger partial charge in [-0.05, 0) is 61.0 Å². The number of aromatic nitrogens is 2. The lowest BCUT2D eigenvalue weighted by molar-refractivity contribution is 0.0600. The van der Waals surface area contributed by atoms with Crippen molar-refractivity contribution in [2.24, 2.45) is 9.98 Å². The molecule has 4 aromatic carbocycles. The minimum absolute atomic E-state index is 0.286. The topological polar surface area (TPSA) is 84.1 Å². The number of rotatable bonds is 4. The molecule has 7 rings (SSSR count). The highest BCUT2D eigenvalue weighted by Crippen LogP contribution is 2.48. The highest BCUT2D eigenvalue weighted by molar-refractivity contribution is 6.51. The van der Waals surface area contributed by atoms with Crippen LogP contribution in [-0.2, 0) is 4.74 Å². The van der Waals surface area contributed by atoms with Gasteiger partial charge in [0.25, 0.3) is 0 Å². The van der Waals surface area contributed by atoms with Gasteiger partial charge in [0, 0.05) is 11.3 Å². The normalized spacial score (nSPS) is 15.2. The zero-order valence-corrected chi connectivity index (χ0v) is 22.5. The van der Waals surface area contributed by atoms with Crippen molar-refractivity contribution in [3.05, 3.63) is 132 Å². The van der Waals surface area contributed by atoms with Crippen LogP contribution in [0.25, 0.3) is 5.69 Å². The van der Waals surface area contributed by atoms with Gasteiger partial charge in [-0.15, -0.1) is 0 Å². The van der Waals surface area contributed by atoms with E-state index in [-0.39, 0.29) is 12.0 Å². The first-order chi connectivity index (χ1) is 20.1. The molecule has 0 saturated carbocycles. The van der Waals surface area contributed by atoms with Crippen molar-refractivity contribution in [2.45, 2.75) is 13.0 Å². The Bertz CT molecular complexity index is 1830. The second kappa shape index (κ2) is 9.91. The van der Waals surface area contributed by atoms with Crippen molar-refractivity contribution < 1.29 is 9.53 Å². The molecular weight excluding hydrogens is 512 g/mol. The van der Waals surface area contributed by atoms with Gasteiger partial charge in [0.05, 0.1) is 41.5 Å². The van der Waals surface area contributed by atoms with E-state index >= 15 is 0 Å². The molecule has 2 aliphatic heterocycles. The Morgan fingerprint density at radius 1 is 0.829 bits per heavy atom. The van der Waals surface area contributed by atoms with Gasteiger partial charge in [-0.1, -0.05) is 60.7 Å². The Hall–Kier alpha value is -5.50. The van der Waals surface area contributed by atoms with Gasteiger partial charge in [0.1, 0.15) is 0 Å². The Morgan fingerprint density at radius 2 is 1.51 bits per heavy atom. The molecular formula is C33H26N6O2.